The second-order valence-corrected chi connectivity index (χ2v) is 2.55. The van der Waals surface area contributed by atoms with Gasteiger partial charge in [0.15, 0.2) is 0 Å². The Morgan fingerprint density at radius 1 is 1.42 bits per heavy atom. The van der Waals surface area contributed by atoms with Gasteiger partial charge in [0.2, 0.25) is 0 Å². The number of pyridine rings is 1. The van der Waals surface area contributed by atoms with Crippen LogP contribution >= 0.6 is 0 Å². The Morgan fingerprint density at radius 2 is 2.17 bits per heavy atom. The van der Waals surface area contributed by atoms with E-state index in [4.69, 9.17) is 5.26 Å². The predicted molar refractivity (Wildman–Crippen MR) is 45.0 cm³/mol. The summed E-state index contributed by atoms with van der Waals surface area (Å²) in [6.45, 7) is 1.81. The minimum atomic E-state index is 0.616. The minimum absolute atomic E-state index is 0.616. The largest absolute Gasteiger partial charge is 0.342 e. The monoisotopic (exact) mass is 162 g/mol. The molecule has 0 fully saturated rings. The SMILES string of the molecule is N#CCC[NH2+]Cc1ccncc1. The molecule has 0 bridgehead atoms. The number of nitriles is 1. The maximum Gasteiger partial charge on any atom is 0.101 e. The summed E-state index contributed by atoms with van der Waals surface area (Å²) in [5, 5.41) is 10.4. The molecule has 62 valence electrons. The van der Waals surface area contributed by atoms with Crippen molar-refractivity contribution in [1.82, 2.24) is 4.98 Å². The van der Waals surface area contributed by atoms with Crippen molar-refractivity contribution in [2.24, 2.45) is 0 Å². The first-order chi connectivity index (χ1) is 5.93. The van der Waals surface area contributed by atoms with Crippen LogP contribution in [0.25, 0.3) is 0 Å². The number of nitrogens with two attached hydrogens (primary N) is 1. The van der Waals surface area contributed by atoms with E-state index in [9.17, 15) is 0 Å². The van der Waals surface area contributed by atoms with Crippen molar-refractivity contribution in [2.45, 2.75) is 13.0 Å². The first-order valence-corrected chi connectivity index (χ1v) is 4.01. The summed E-state index contributed by atoms with van der Waals surface area (Å²) in [4.78, 5) is 3.92. The maximum atomic E-state index is 8.28. The molecule has 0 aromatic carbocycles. The first kappa shape index (κ1) is 8.69. The van der Waals surface area contributed by atoms with Gasteiger partial charge in [0.1, 0.15) is 6.54 Å². The summed E-state index contributed by atoms with van der Waals surface area (Å²) in [6, 6.07) is 6.09. The Balaban J connectivity index is 2.21. The number of rotatable bonds is 4. The lowest BCUT2D eigenvalue weighted by Gasteiger charge is -1.97. The van der Waals surface area contributed by atoms with Crippen LogP contribution in [0.4, 0.5) is 0 Å². The highest BCUT2D eigenvalue weighted by Crippen LogP contribution is 1.91. The lowest BCUT2D eigenvalue weighted by Crippen LogP contribution is -2.82. The Bertz CT molecular complexity index is 250. The molecular weight excluding hydrogens is 150 g/mol. The van der Waals surface area contributed by atoms with E-state index in [2.05, 4.69) is 16.4 Å². The molecule has 0 aliphatic rings. The van der Waals surface area contributed by atoms with E-state index in [-0.39, 0.29) is 0 Å². The van der Waals surface area contributed by atoms with Gasteiger partial charge in [-0.3, -0.25) is 4.98 Å². The summed E-state index contributed by atoms with van der Waals surface area (Å²) in [6.07, 6.45) is 4.19. The van der Waals surface area contributed by atoms with Crippen LogP contribution in [0, 0.1) is 11.3 Å². The molecule has 1 aromatic rings. The second kappa shape index (κ2) is 5.28. The smallest absolute Gasteiger partial charge is 0.101 e. The summed E-state index contributed by atoms with van der Waals surface area (Å²) < 4.78 is 0. The minimum Gasteiger partial charge on any atom is -0.342 e. The van der Waals surface area contributed by atoms with Crippen LogP contribution in [-0.2, 0) is 6.54 Å². The Hall–Kier alpha value is -1.40. The molecule has 0 aliphatic heterocycles. The van der Waals surface area contributed by atoms with E-state index in [1.54, 1.807) is 12.4 Å². The fourth-order valence-corrected chi connectivity index (χ4v) is 0.954. The number of aromatic nitrogens is 1. The highest BCUT2D eigenvalue weighted by atomic mass is 14.8. The van der Waals surface area contributed by atoms with E-state index in [1.807, 2.05) is 12.1 Å². The Kier molecular flexibility index (Phi) is 3.82. The second-order valence-electron chi connectivity index (χ2n) is 2.55. The molecule has 12 heavy (non-hydrogen) atoms. The van der Waals surface area contributed by atoms with Crippen molar-refractivity contribution in [3.8, 4) is 6.07 Å². The van der Waals surface area contributed by atoms with Crippen LogP contribution in [0.2, 0.25) is 0 Å². The van der Waals surface area contributed by atoms with Crippen molar-refractivity contribution in [1.29, 1.82) is 5.26 Å². The molecule has 3 heteroatoms. The zero-order valence-corrected chi connectivity index (χ0v) is 6.90. The number of nitrogens with zero attached hydrogens (tertiary/aromatic N) is 2. The van der Waals surface area contributed by atoms with Gasteiger partial charge in [0.05, 0.1) is 19.0 Å². The van der Waals surface area contributed by atoms with Gasteiger partial charge in [0.25, 0.3) is 0 Å². The van der Waals surface area contributed by atoms with Gasteiger partial charge < -0.3 is 5.32 Å². The standard InChI is InChI=1S/C9H11N3/c10-4-1-5-12-8-9-2-6-11-7-3-9/h2-3,6-7,12H,1,5,8H2/p+1. The van der Waals surface area contributed by atoms with Crippen molar-refractivity contribution in [3.05, 3.63) is 30.1 Å². The average molecular weight is 162 g/mol. The summed E-state index contributed by atoms with van der Waals surface area (Å²) in [7, 11) is 0. The molecule has 0 spiro atoms. The van der Waals surface area contributed by atoms with Crippen LogP contribution < -0.4 is 5.32 Å². The van der Waals surface area contributed by atoms with Crippen LogP contribution in [0.5, 0.6) is 0 Å². The van der Waals surface area contributed by atoms with Crippen LogP contribution in [-0.4, -0.2) is 11.5 Å². The van der Waals surface area contributed by atoms with Gasteiger partial charge in [-0.15, -0.1) is 0 Å². The molecule has 0 radical (unpaired) electrons. The predicted octanol–water partition coefficient (Wildman–Crippen LogP) is 0.0587. The van der Waals surface area contributed by atoms with E-state index in [1.165, 1.54) is 5.56 Å². The van der Waals surface area contributed by atoms with Crippen LogP contribution in [0.15, 0.2) is 24.5 Å². The fourth-order valence-electron chi connectivity index (χ4n) is 0.954. The van der Waals surface area contributed by atoms with Gasteiger partial charge in [-0.25, -0.2) is 0 Å². The van der Waals surface area contributed by atoms with Crippen molar-refractivity contribution in [3.63, 3.8) is 0 Å². The van der Waals surface area contributed by atoms with Crippen LogP contribution in [0.3, 0.4) is 0 Å². The zero-order chi connectivity index (χ0) is 8.65. The van der Waals surface area contributed by atoms with E-state index >= 15 is 0 Å². The molecule has 1 rings (SSSR count). The number of hydrogen-bond acceptors (Lipinski definition) is 2. The van der Waals surface area contributed by atoms with E-state index in [0.717, 1.165) is 13.1 Å². The quantitative estimate of drug-likeness (QED) is 0.636. The summed E-state index contributed by atoms with van der Waals surface area (Å²) >= 11 is 0. The van der Waals surface area contributed by atoms with Gasteiger partial charge in [-0.05, 0) is 12.1 Å². The lowest BCUT2D eigenvalue weighted by molar-refractivity contribution is -0.669. The fraction of sp³-hybridized carbons (Fsp3) is 0.333. The molecule has 0 saturated carbocycles. The molecule has 0 unspecified atom stereocenters. The molecule has 1 heterocycles. The van der Waals surface area contributed by atoms with Crippen molar-refractivity contribution >= 4 is 0 Å². The topological polar surface area (TPSA) is 53.3 Å². The number of hydrogen-bond donors (Lipinski definition) is 1. The van der Waals surface area contributed by atoms with Crippen molar-refractivity contribution in [2.75, 3.05) is 6.54 Å². The summed E-state index contributed by atoms with van der Waals surface area (Å²) in [5.41, 5.74) is 1.25. The van der Waals surface area contributed by atoms with Gasteiger partial charge in [0, 0.05) is 18.0 Å². The maximum absolute atomic E-state index is 8.28. The lowest BCUT2D eigenvalue weighted by atomic mass is 10.3. The molecule has 0 saturated heterocycles. The van der Waals surface area contributed by atoms with Gasteiger partial charge in [-0.2, -0.15) is 5.26 Å². The molecule has 0 atom stereocenters. The highest BCUT2D eigenvalue weighted by molar-refractivity contribution is 5.07. The molecule has 3 nitrogen and oxygen atoms in total. The number of quaternary nitrogens is 1. The molecule has 2 N–H and O–H groups in total. The third-order valence-corrected chi connectivity index (χ3v) is 1.59. The van der Waals surface area contributed by atoms with Gasteiger partial charge in [-0.1, -0.05) is 0 Å². The van der Waals surface area contributed by atoms with Crippen LogP contribution in [0.1, 0.15) is 12.0 Å². The Morgan fingerprint density at radius 3 is 2.83 bits per heavy atom. The highest BCUT2D eigenvalue weighted by Gasteiger charge is 1.92. The molecule has 1 aromatic heterocycles. The van der Waals surface area contributed by atoms with Gasteiger partial charge >= 0.3 is 0 Å². The molecule has 0 aliphatic carbocycles. The third kappa shape index (κ3) is 3.13. The summed E-state index contributed by atoms with van der Waals surface area (Å²) in [5.74, 6) is 0. The van der Waals surface area contributed by atoms with E-state index < -0.39 is 0 Å². The van der Waals surface area contributed by atoms with E-state index in [0.29, 0.717) is 6.42 Å². The molecule has 0 amide bonds. The Labute approximate surface area is 72.1 Å². The zero-order valence-electron chi connectivity index (χ0n) is 6.90. The van der Waals surface area contributed by atoms with Crippen molar-refractivity contribution < 1.29 is 5.32 Å². The third-order valence-electron chi connectivity index (χ3n) is 1.59. The normalized spacial score (nSPS) is 9.25. The molecular formula is C9H12N3+. The average Bonchev–Trinajstić information content (AvgIpc) is 2.14. The first-order valence-electron chi connectivity index (χ1n) is 4.01.